The van der Waals surface area contributed by atoms with Crippen LogP contribution in [0.25, 0.3) is 11.1 Å². The lowest BCUT2D eigenvalue weighted by atomic mass is 10.0. The zero-order chi connectivity index (χ0) is 21.3. The van der Waals surface area contributed by atoms with Crippen molar-refractivity contribution in [1.82, 2.24) is 0 Å². The first-order valence-corrected chi connectivity index (χ1v) is 10.7. The molecule has 30 heavy (non-hydrogen) atoms. The predicted octanol–water partition coefficient (Wildman–Crippen LogP) is 4.90. The third kappa shape index (κ3) is 3.71. The van der Waals surface area contributed by atoms with Gasteiger partial charge in [0.25, 0.3) is 0 Å². The Morgan fingerprint density at radius 2 is 1.83 bits per heavy atom. The molecule has 6 heteroatoms. The lowest BCUT2D eigenvalue weighted by molar-refractivity contribution is -0.115. The maximum Gasteiger partial charge on any atom is 0.341 e. The molecule has 1 amide bonds. The summed E-state index contributed by atoms with van der Waals surface area (Å²) < 4.78 is 5.04. The van der Waals surface area contributed by atoms with Crippen molar-refractivity contribution in [2.75, 3.05) is 23.9 Å². The van der Waals surface area contributed by atoms with Gasteiger partial charge < -0.3 is 15.0 Å². The normalized spacial score (nSPS) is 15.0. The first-order valence-electron chi connectivity index (χ1n) is 9.91. The van der Waals surface area contributed by atoms with E-state index in [0.29, 0.717) is 10.6 Å². The van der Waals surface area contributed by atoms with Gasteiger partial charge in [0.1, 0.15) is 10.6 Å². The molecule has 0 saturated heterocycles. The number of benzene rings is 2. The van der Waals surface area contributed by atoms with Crippen LogP contribution in [0.3, 0.4) is 0 Å². The third-order valence-electron chi connectivity index (χ3n) is 5.45. The molecular formula is C24H24N2O3S. The molecule has 154 valence electrons. The standard InChI is InChI=1S/C24H24N2O3S/c1-15-13-18-11-7-8-12-19(18)26(15)14-20(27)25-23-22(24(28)29-3)21(16(2)30-23)17-9-5-4-6-10-17/h4-12,15H,13-14H2,1-3H3,(H,25,27). The van der Waals surface area contributed by atoms with Gasteiger partial charge in [0.05, 0.1) is 13.7 Å². The summed E-state index contributed by atoms with van der Waals surface area (Å²) in [5.41, 5.74) is 4.50. The Hall–Kier alpha value is -3.12. The van der Waals surface area contributed by atoms with Gasteiger partial charge in [-0.05, 0) is 37.5 Å². The average molecular weight is 421 g/mol. The van der Waals surface area contributed by atoms with Gasteiger partial charge in [-0.25, -0.2) is 4.79 Å². The van der Waals surface area contributed by atoms with Gasteiger partial charge in [0, 0.05) is 22.2 Å². The molecule has 1 aliphatic rings. The number of hydrogen-bond acceptors (Lipinski definition) is 5. The summed E-state index contributed by atoms with van der Waals surface area (Å²) in [6, 6.07) is 18.1. The zero-order valence-electron chi connectivity index (χ0n) is 17.3. The van der Waals surface area contributed by atoms with E-state index in [1.165, 1.54) is 24.0 Å². The monoisotopic (exact) mass is 420 g/mol. The van der Waals surface area contributed by atoms with Crippen LogP contribution in [-0.4, -0.2) is 31.6 Å². The Morgan fingerprint density at radius 3 is 2.57 bits per heavy atom. The number of aryl methyl sites for hydroxylation is 1. The number of methoxy groups -OCH3 is 1. The summed E-state index contributed by atoms with van der Waals surface area (Å²) in [5, 5.41) is 3.50. The van der Waals surface area contributed by atoms with E-state index in [4.69, 9.17) is 4.74 Å². The summed E-state index contributed by atoms with van der Waals surface area (Å²) in [5.74, 6) is -0.599. The van der Waals surface area contributed by atoms with Gasteiger partial charge >= 0.3 is 5.97 Å². The quantitative estimate of drug-likeness (QED) is 0.597. The summed E-state index contributed by atoms with van der Waals surface area (Å²) in [6.07, 6.45) is 0.924. The van der Waals surface area contributed by atoms with Crippen LogP contribution in [0, 0.1) is 6.92 Å². The van der Waals surface area contributed by atoms with Crippen LogP contribution in [-0.2, 0) is 16.0 Å². The summed E-state index contributed by atoms with van der Waals surface area (Å²) in [7, 11) is 1.36. The van der Waals surface area contributed by atoms with Crippen molar-refractivity contribution < 1.29 is 14.3 Å². The molecule has 0 fully saturated rings. The van der Waals surface area contributed by atoms with Crippen LogP contribution >= 0.6 is 11.3 Å². The molecule has 4 rings (SSSR count). The average Bonchev–Trinajstić information content (AvgIpc) is 3.24. The highest BCUT2D eigenvalue weighted by Crippen LogP contribution is 2.40. The van der Waals surface area contributed by atoms with Crippen molar-refractivity contribution in [2.24, 2.45) is 0 Å². The predicted molar refractivity (Wildman–Crippen MR) is 121 cm³/mol. The highest BCUT2D eigenvalue weighted by molar-refractivity contribution is 7.17. The number of para-hydroxylation sites is 1. The molecule has 0 saturated carbocycles. The molecule has 1 atom stereocenters. The van der Waals surface area contributed by atoms with E-state index in [1.807, 2.05) is 49.4 Å². The number of carbonyl (C=O) groups is 2. The highest BCUT2D eigenvalue weighted by atomic mass is 32.1. The second kappa shape index (κ2) is 8.32. The van der Waals surface area contributed by atoms with Crippen LogP contribution < -0.4 is 10.2 Å². The highest BCUT2D eigenvalue weighted by Gasteiger charge is 2.29. The molecule has 5 nitrogen and oxygen atoms in total. The number of fused-ring (bicyclic) bond motifs is 1. The molecule has 2 aromatic carbocycles. The van der Waals surface area contributed by atoms with E-state index < -0.39 is 5.97 Å². The van der Waals surface area contributed by atoms with Crippen LogP contribution in [0.5, 0.6) is 0 Å². The molecule has 1 N–H and O–H groups in total. The number of carbonyl (C=O) groups excluding carboxylic acids is 2. The number of amides is 1. The summed E-state index contributed by atoms with van der Waals surface area (Å²) in [4.78, 5) is 28.6. The fraction of sp³-hybridized carbons (Fsp3) is 0.250. The van der Waals surface area contributed by atoms with Crippen LogP contribution in [0.4, 0.5) is 10.7 Å². The smallest absolute Gasteiger partial charge is 0.341 e. The largest absolute Gasteiger partial charge is 0.465 e. The van der Waals surface area contributed by atoms with Gasteiger partial charge in [-0.3, -0.25) is 4.79 Å². The number of nitrogens with one attached hydrogen (secondary N) is 1. The number of anilines is 2. The number of nitrogens with zero attached hydrogens (tertiary/aromatic N) is 1. The van der Waals surface area contributed by atoms with Gasteiger partial charge in [-0.15, -0.1) is 11.3 Å². The molecule has 2 heterocycles. The molecule has 1 unspecified atom stereocenters. The van der Waals surface area contributed by atoms with Crippen molar-refractivity contribution in [3.8, 4) is 11.1 Å². The van der Waals surface area contributed by atoms with Crippen LogP contribution in [0.1, 0.15) is 27.7 Å². The van der Waals surface area contributed by atoms with Crippen molar-refractivity contribution >= 4 is 33.9 Å². The Morgan fingerprint density at radius 1 is 1.13 bits per heavy atom. The van der Waals surface area contributed by atoms with E-state index in [-0.39, 0.29) is 18.5 Å². The minimum absolute atomic E-state index is 0.149. The Labute approximate surface area is 180 Å². The number of thiophene rings is 1. The second-order valence-electron chi connectivity index (χ2n) is 7.45. The van der Waals surface area contributed by atoms with E-state index in [9.17, 15) is 9.59 Å². The van der Waals surface area contributed by atoms with E-state index in [2.05, 4.69) is 29.3 Å². The molecule has 1 aliphatic heterocycles. The van der Waals surface area contributed by atoms with Crippen LogP contribution in [0.15, 0.2) is 54.6 Å². The first-order chi connectivity index (χ1) is 14.5. The van der Waals surface area contributed by atoms with Crippen molar-refractivity contribution in [2.45, 2.75) is 26.3 Å². The number of rotatable bonds is 5. The summed E-state index contributed by atoms with van der Waals surface area (Å²) >= 11 is 1.40. The Kier molecular flexibility index (Phi) is 5.59. The lowest BCUT2D eigenvalue weighted by Crippen LogP contribution is -2.37. The number of esters is 1. The van der Waals surface area contributed by atoms with E-state index in [0.717, 1.165) is 28.1 Å². The lowest BCUT2D eigenvalue weighted by Gasteiger charge is -2.24. The van der Waals surface area contributed by atoms with Crippen LogP contribution in [0.2, 0.25) is 0 Å². The Bertz CT molecular complexity index is 1090. The van der Waals surface area contributed by atoms with Gasteiger partial charge in [-0.2, -0.15) is 0 Å². The molecule has 0 bridgehead atoms. The fourth-order valence-electron chi connectivity index (χ4n) is 4.07. The van der Waals surface area contributed by atoms with Crippen molar-refractivity contribution in [1.29, 1.82) is 0 Å². The van der Waals surface area contributed by atoms with Gasteiger partial charge in [0.2, 0.25) is 5.91 Å². The molecule has 1 aromatic heterocycles. The Balaban J connectivity index is 1.62. The molecule has 3 aromatic rings. The molecular weight excluding hydrogens is 396 g/mol. The topological polar surface area (TPSA) is 58.6 Å². The maximum absolute atomic E-state index is 12.9. The molecule has 0 radical (unpaired) electrons. The van der Waals surface area contributed by atoms with Gasteiger partial charge in [0.15, 0.2) is 0 Å². The minimum Gasteiger partial charge on any atom is -0.465 e. The molecule has 0 spiro atoms. The first kappa shape index (κ1) is 20.2. The van der Waals surface area contributed by atoms with Gasteiger partial charge in [-0.1, -0.05) is 48.5 Å². The van der Waals surface area contributed by atoms with Crippen molar-refractivity contribution in [3.05, 3.63) is 70.6 Å². The van der Waals surface area contributed by atoms with E-state index >= 15 is 0 Å². The maximum atomic E-state index is 12.9. The number of hydrogen-bond donors (Lipinski definition) is 1. The second-order valence-corrected chi connectivity index (χ2v) is 8.68. The van der Waals surface area contributed by atoms with Crippen molar-refractivity contribution in [3.63, 3.8) is 0 Å². The number of ether oxygens (including phenoxy) is 1. The molecule has 0 aliphatic carbocycles. The summed E-state index contributed by atoms with van der Waals surface area (Å²) in [6.45, 7) is 4.31. The minimum atomic E-state index is -0.451. The third-order valence-corrected chi connectivity index (χ3v) is 6.47. The fourth-order valence-corrected chi connectivity index (χ4v) is 5.15. The SMILES string of the molecule is COC(=O)c1c(NC(=O)CN2c3ccccc3CC2C)sc(C)c1-c1ccccc1. The zero-order valence-corrected chi connectivity index (χ0v) is 18.1. The van der Waals surface area contributed by atoms with E-state index in [1.54, 1.807) is 0 Å².